The zero-order chi connectivity index (χ0) is 11.8. The smallest absolute Gasteiger partial charge is 0.0155 e. The quantitative estimate of drug-likeness (QED) is 0.599. The van der Waals surface area contributed by atoms with Crippen LogP contribution in [0.25, 0.3) is 0 Å². The van der Waals surface area contributed by atoms with Crippen LogP contribution in [0.1, 0.15) is 34.1 Å². The highest BCUT2D eigenvalue weighted by molar-refractivity contribution is 5.50. The van der Waals surface area contributed by atoms with E-state index in [9.17, 15) is 0 Å². The van der Waals surface area contributed by atoms with Crippen LogP contribution in [0.15, 0.2) is 48.6 Å². The lowest BCUT2D eigenvalue weighted by molar-refractivity contribution is 0.960. The first kappa shape index (κ1) is 14.0. The zero-order valence-electron chi connectivity index (χ0n) is 10.6. The van der Waals surface area contributed by atoms with Crippen LogP contribution in [0.4, 0.5) is 0 Å². The van der Waals surface area contributed by atoms with E-state index in [1.54, 1.807) is 0 Å². The van der Waals surface area contributed by atoms with Gasteiger partial charge in [0, 0.05) is 0 Å². The van der Waals surface area contributed by atoms with E-state index in [-0.39, 0.29) is 0 Å². The Balaban J connectivity index is 0.000000442. The molecule has 0 N–H and O–H groups in total. The summed E-state index contributed by atoms with van der Waals surface area (Å²) >= 11 is 0. The number of allylic oxidation sites excluding steroid dienone is 6. The maximum Gasteiger partial charge on any atom is -0.0155 e. The van der Waals surface area contributed by atoms with Crippen LogP contribution in [0.2, 0.25) is 0 Å². The first-order chi connectivity index (χ1) is 7.35. The monoisotopic (exact) mass is 204 g/mol. The molecule has 84 valence electrons. The van der Waals surface area contributed by atoms with Gasteiger partial charge in [0.15, 0.2) is 0 Å². The minimum Gasteiger partial charge on any atom is -0.0985 e. The van der Waals surface area contributed by atoms with Gasteiger partial charge in [-0.3, -0.25) is 0 Å². The van der Waals surface area contributed by atoms with Gasteiger partial charge in [-0.15, -0.1) is 0 Å². The molecular formula is C15H24. The van der Waals surface area contributed by atoms with E-state index in [1.807, 2.05) is 39.8 Å². The van der Waals surface area contributed by atoms with Gasteiger partial charge in [-0.2, -0.15) is 0 Å². The predicted molar refractivity (Wildman–Crippen MR) is 70.9 cm³/mol. The van der Waals surface area contributed by atoms with E-state index in [4.69, 9.17) is 0 Å². The second-order valence-electron chi connectivity index (χ2n) is 3.22. The van der Waals surface area contributed by atoms with Crippen molar-refractivity contribution in [2.24, 2.45) is 11.8 Å². The van der Waals surface area contributed by atoms with Crippen LogP contribution in [0.3, 0.4) is 0 Å². The topological polar surface area (TPSA) is 0 Å². The van der Waals surface area contributed by atoms with E-state index < -0.39 is 0 Å². The van der Waals surface area contributed by atoms with Crippen molar-refractivity contribution in [1.82, 2.24) is 0 Å². The molecule has 0 heterocycles. The second kappa shape index (κ2) is 7.28. The molecule has 0 nitrogen and oxygen atoms in total. The Morgan fingerprint density at radius 3 is 1.53 bits per heavy atom. The van der Waals surface area contributed by atoms with Gasteiger partial charge in [-0.25, -0.2) is 0 Å². The number of fused-ring (bicyclic) bond motifs is 1. The molecule has 2 aliphatic carbocycles. The van der Waals surface area contributed by atoms with Crippen LogP contribution >= 0.6 is 0 Å². The van der Waals surface area contributed by atoms with Crippen molar-refractivity contribution < 1.29 is 0 Å². The van der Waals surface area contributed by atoms with Crippen molar-refractivity contribution in [3.63, 3.8) is 0 Å². The van der Waals surface area contributed by atoms with E-state index in [0.717, 1.165) is 11.8 Å². The van der Waals surface area contributed by atoms with Crippen LogP contribution in [0, 0.1) is 11.8 Å². The van der Waals surface area contributed by atoms with Gasteiger partial charge in [0.1, 0.15) is 0 Å². The summed E-state index contributed by atoms with van der Waals surface area (Å²) in [6, 6.07) is 0. The van der Waals surface area contributed by atoms with Gasteiger partial charge >= 0.3 is 0 Å². The molecule has 2 atom stereocenters. The molecule has 0 radical (unpaired) electrons. The summed E-state index contributed by atoms with van der Waals surface area (Å²) in [7, 11) is 0. The molecule has 0 spiro atoms. The molecule has 0 aliphatic heterocycles. The minimum absolute atomic E-state index is 0.812. The normalized spacial score (nSPS) is 25.1. The maximum absolute atomic E-state index is 3.78. The standard InChI is InChI=1S/C11H12.2C2H6/c1-3-8-5-10-7-11(10)6-9(8)4-2;2*1-2/h3-6,10-11H,1-2,7H2;2*1-2H3. The fourth-order valence-corrected chi connectivity index (χ4v) is 1.64. The lowest BCUT2D eigenvalue weighted by Crippen LogP contribution is -1.91. The van der Waals surface area contributed by atoms with Gasteiger partial charge in [0.05, 0.1) is 0 Å². The molecule has 0 aromatic carbocycles. The van der Waals surface area contributed by atoms with Crippen LogP contribution in [-0.2, 0) is 0 Å². The third-order valence-electron chi connectivity index (χ3n) is 2.45. The Labute approximate surface area is 95.1 Å². The van der Waals surface area contributed by atoms with Crippen molar-refractivity contribution in [3.05, 3.63) is 48.6 Å². The molecule has 0 amide bonds. The minimum atomic E-state index is 0.812. The van der Waals surface area contributed by atoms with Crippen molar-refractivity contribution >= 4 is 0 Å². The van der Waals surface area contributed by atoms with E-state index >= 15 is 0 Å². The zero-order valence-corrected chi connectivity index (χ0v) is 10.6. The molecule has 2 aliphatic rings. The average molecular weight is 204 g/mol. The first-order valence-electron chi connectivity index (χ1n) is 6.04. The first-order valence-corrected chi connectivity index (χ1v) is 6.04. The summed E-state index contributed by atoms with van der Waals surface area (Å²) in [5.74, 6) is 1.62. The maximum atomic E-state index is 3.78. The molecule has 0 saturated heterocycles. The number of hydrogen-bond acceptors (Lipinski definition) is 0. The Morgan fingerprint density at radius 1 is 0.933 bits per heavy atom. The van der Waals surface area contributed by atoms with E-state index in [2.05, 4.69) is 25.3 Å². The summed E-state index contributed by atoms with van der Waals surface area (Å²) < 4.78 is 0. The van der Waals surface area contributed by atoms with Crippen LogP contribution in [0.5, 0.6) is 0 Å². The molecule has 0 heteroatoms. The van der Waals surface area contributed by atoms with Gasteiger partial charge < -0.3 is 0 Å². The summed E-state index contributed by atoms with van der Waals surface area (Å²) in [5, 5.41) is 0. The van der Waals surface area contributed by atoms with Gasteiger partial charge in [0.25, 0.3) is 0 Å². The number of rotatable bonds is 2. The largest absolute Gasteiger partial charge is 0.0985 e. The Hall–Kier alpha value is -1.04. The molecule has 1 fully saturated rings. The Kier molecular flexibility index (Phi) is 6.77. The SMILES string of the molecule is C=CC1=CC2CC2C=C1C=C.CC.CC. The Bertz CT molecular complexity index is 238. The summed E-state index contributed by atoms with van der Waals surface area (Å²) in [5.41, 5.74) is 2.53. The highest BCUT2D eigenvalue weighted by atomic mass is 14.4. The van der Waals surface area contributed by atoms with Crippen molar-refractivity contribution in [1.29, 1.82) is 0 Å². The van der Waals surface area contributed by atoms with Gasteiger partial charge in [-0.05, 0) is 29.4 Å². The third-order valence-corrected chi connectivity index (χ3v) is 2.45. The number of hydrogen-bond donors (Lipinski definition) is 0. The highest BCUT2D eigenvalue weighted by Gasteiger charge is 2.36. The molecule has 0 bridgehead atoms. The second-order valence-corrected chi connectivity index (χ2v) is 3.22. The van der Waals surface area contributed by atoms with E-state index in [0.29, 0.717) is 0 Å². The summed E-state index contributed by atoms with van der Waals surface area (Å²) in [4.78, 5) is 0. The molecule has 2 rings (SSSR count). The fraction of sp³-hybridized carbons (Fsp3) is 0.467. The summed E-state index contributed by atoms with van der Waals surface area (Å²) in [6.45, 7) is 15.6. The highest BCUT2D eigenvalue weighted by Crippen LogP contribution is 2.46. The fourth-order valence-electron chi connectivity index (χ4n) is 1.64. The molecular weight excluding hydrogens is 180 g/mol. The lowest BCUT2D eigenvalue weighted by Gasteiger charge is -2.07. The van der Waals surface area contributed by atoms with Crippen molar-refractivity contribution in [3.8, 4) is 0 Å². The Morgan fingerprint density at radius 2 is 1.27 bits per heavy atom. The van der Waals surface area contributed by atoms with Crippen LogP contribution in [-0.4, -0.2) is 0 Å². The molecule has 1 saturated carbocycles. The van der Waals surface area contributed by atoms with Crippen LogP contribution < -0.4 is 0 Å². The predicted octanol–water partition coefficient (Wildman–Crippen LogP) is 4.91. The van der Waals surface area contributed by atoms with Gasteiger partial charge in [0.2, 0.25) is 0 Å². The molecule has 2 unspecified atom stereocenters. The lowest BCUT2D eigenvalue weighted by atomic mass is 9.98. The average Bonchev–Trinajstić information content (AvgIpc) is 3.10. The summed E-state index contributed by atoms with van der Waals surface area (Å²) in [6.07, 6.45) is 9.79. The molecule has 0 aromatic heterocycles. The molecule has 15 heavy (non-hydrogen) atoms. The van der Waals surface area contributed by atoms with E-state index in [1.165, 1.54) is 17.6 Å². The molecule has 0 aromatic rings. The van der Waals surface area contributed by atoms with Gasteiger partial charge in [-0.1, -0.05) is 65.2 Å². The van der Waals surface area contributed by atoms with Crippen molar-refractivity contribution in [2.45, 2.75) is 34.1 Å². The third kappa shape index (κ3) is 3.54. The van der Waals surface area contributed by atoms with Crippen molar-refractivity contribution in [2.75, 3.05) is 0 Å².